The number of aliphatic carboxylic acids is 1. The number of amides is 4. The minimum absolute atomic E-state index is 0.0526. The summed E-state index contributed by atoms with van der Waals surface area (Å²) >= 11 is 0. The average molecular weight is 1040 g/mol. The molecule has 4 amide bonds. The number of aliphatic hydroxyl groups is 3. The largest absolute Gasteiger partial charge is 0.497 e. The summed E-state index contributed by atoms with van der Waals surface area (Å²) < 4.78 is 18.0. The Hall–Kier alpha value is -7.46. The second-order valence-electron chi connectivity index (χ2n) is 18.1. The number of hydrogen-bond donors (Lipinski definition) is 11. The first-order valence-corrected chi connectivity index (χ1v) is 23.8. The van der Waals surface area contributed by atoms with Crippen LogP contribution in [0.2, 0.25) is 0 Å². The van der Waals surface area contributed by atoms with E-state index in [4.69, 9.17) is 19.9 Å². The van der Waals surface area contributed by atoms with Gasteiger partial charge >= 0.3 is 23.7 Å². The van der Waals surface area contributed by atoms with E-state index in [0.717, 1.165) is 27.0 Å². The Balaban J connectivity index is 1.37. The number of nitrogens with one attached hydrogen (secondary N) is 6. The molecule has 3 aromatic rings. The van der Waals surface area contributed by atoms with Crippen molar-refractivity contribution in [3.63, 3.8) is 0 Å². The highest BCUT2D eigenvalue weighted by Crippen LogP contribution is 2.31. The average Bonchev–Trinajstić information content (AvgIpc) is 3.64. The predicted molar refractivity (Wildman–Crippen MR) is 264 cm³/mol. The number of ether oxygens (including phenoxy) is 3. The molecule has 0 bridgehead atoms. The Morgan fingerprint density at radius 1 is 0.878 bits per heavy atom. The number of benzene rings is 2. The summed E-state index contributed by atoms with van der Waals surface area (Å²) in [6.45, 7) is 6.43. The number of urea groups is 1. The van der Waals surface area contributed by atoms with E-state index in [1.54, 1.807) is 87.7 Å². The lowest BCUT2D eigenvalue weighted by Gasteiger charge is -2.27. The molecule has 0 aliphatic carbocycles. The fourth-order valence-corrected chi connectivity index (χ4v) is 7.73. The third kappa shape index (κ3) is 17.6. The Kier molecular flexibility index (Phi) is 22.9. The topological polar surface area (TPSA) is 392 Å². The second-order valence-corrected chi connectivity index (χ2v) is 18.1. The Labute approximate surface area is 425 Å². The molecule has 1 fully saturated rings. The lowest BCUT2D eigenvalue weighted by Crippen LogP contribution is -2.57. The maximum atomic E-state index is 13.9. The van der Waals surface area contributed by atoms with Crippen LogP contribution in [0.1, 0.15) is 70.7 Å². The van der Waals surface area contributed by atoms with E-state index in [2.05, 4.69) is 31.6 Å². The summed E-state index contributed by atoms with van der Waals surface area (Å²) in [6, 6.07) is 10.2. The number of hydrogen-bond acceptors (Lipinski definition) is 17. The molecule has 27 heteroatoms. The van der Waals surface area contributed by atoms with E-state index in [9.17, 15) is 64.1 Å². The Morgan fingerprint density at radius 3 is 2.19 bits per heavy atom. The van der Waals surface area contributed by atoms with Gasteiger partial charge in [0, 0.05) is 25.4 Å². The van der Waals surface area contributed by atoms with Gasteiger partial charge in [-0.25, -0.2) is 29.5 Å². The minimum Gasteiger partial charge on any atom is -0.497 e. The normalized spacial score (nSPS) is 18.6. The molecular formula is C47H67N11O16. The highest BCUT2D eigenvalue weighted by Gasteiger charge is 2.50. The first-order chi connectivity index (χ1) is 35.1. The van der Waals surface area contributed by atoms with E-state index in [1.165, 1.54) is 7.11 Å². The number of carbonyl (C=O) groups is 5. The highest BCUT2D eigenvalue weighted by atomic mass is 16.7. The van der Waals surface area contributed by atoms with Gasteiger partial charge in [-0.05, 0) is 67.3 Å². The summed E-state index contributed by atoms with van der Waals surface area (Å²) in [5.74, 6) is -4.26. The smallest absolute Gasteiger partial charge is 0.333 e. The number of esters is 1. The number of nitrogens with zero attached hydrogens (tertiary/aromatic N) is 4. The van der Waals surface area contributed by atoms with Crippen LogP contribution in [0.4, 0.5) is 4.79 Å². The van der Waals surface area contributed by atoms with E-state index < -0.39 is 113 Å². The van der Waals surface area contributed by atoms with Crippen molar-refractivity contribution in [2.75, 3.05) is 26.7 Å². The number of guanidine groups is 1. The maximum absolute atomic E-state index is 13.9. The number of carboxylic acid groups (broad SMARTS) is 1. The molecule has 27 nitrogen and oxygen atoms in total. The molecule has 406 valence electrons. The fourth-order valence-electron chi connectivity index (χ4n) is 7.73. The number of hydrazine groups is 1. The summed E-state index contributed by atoms with van der Waals surface area (Å²) in [6.07, 6.45) is -7.89. The lowest BCUT2D eigenvalue weighted by molar-refractivity contribution is -0.525. The number of methoxy groups -OCH3 is 1. The summed E-state index contributed by atoms with van der Waals surface area (Å²) in [5.41, 5.74) is 6.90. The maximum Gasteiger partial charge on any atom is 0.333 e. The van der Waals surface area contributed by atoms with Crippen molar-refractivity contribution in [1.29, 1.82) is 0 Å². The van der Waals surface area contributed by atoms with Crippen LogP contribution in [0.15, 0.2) is 81.4 Å². The van der Waals surface area contributed by atoms with Gasteiger partial charge in [0.25, 0.3) is 11.5 Å². The van der Waals surface area contributed by atoms with Crippen LogP contribution < -0.4 is 53.7 Å². The number of aromatic nitrogens is 2. The van der Waals surface area contributed by atoms with Crippen molar-refractivity contribution < 1.29 is 63.6 Å². The molecule has 1 saturated heterocycles. The third-order valence-corrected chi connectivity index (χ3v) is 11.6. The van der Waals surface area contributed by atoms with Gasteiger partial charge < -0.3 is 67.0 Å². The molecule has 4 rings (SSSR count). The van der Waals surface area contributed by atoms with E-state index >= 15 is 0 Å². The van der Waals surface area contributed by atoms with Gasteiger partial charge in [-0.1, -0.05) is 75.6 Å². The number of aliphatic imine (C=N–C) groups is 1. The first-order valence-electron chi connectivity index (χ1n) is 23.8. The van der Waals surface area contributed by atoms with Gasteiger partial charge in [0.15, 0.2) is 11.3 Å². The fraction of sp³-hybridized carbons (Fsp3) is 0.532. The van der Waals surface area contributed by atoms with Crippen molar-refractivity contribution >= 4 is 35.7 Å². The zero-order valence-corrected chi connectivity index (χ0v) is 41.6. The van der Waals surface area contributed by atoms with Gasteiger partial charge in [-0.3, -0.25) is 28.3 Å². The molecule has 0 radical (unpaired) electrons. The molecule has 0 spiro atoms. The van der Waals surface area contributed by atoms with Crippen molar-refractivity contribution in [2.45, 2.75) is 121 Å². The molecule has 12 N–H and O–H groups in total. The van der Waals surface area contributed by atoms with Crippen molar-refractivity contribution in [3.05, 3.63) is 109 Å². The van der Waals surface area contributed by atoms with Gasteiger partial charge in [0.2, 0.25) is 11.8 Å². The number of aliphatic hydroxyl groups excluding tert-OH is 3. The van der Waals surface area contributed by atoms with E-state index in [-0.39, 0.29) is 64.4 Å². The van der Waals surface area contributed by atoms with Crippen LogP contribution in [0, 0.1) is 22.0 Å². The number of rotatable bonds is 28. The zero-order valence-electron chi connectivity index (χ0n) is 41.6. The Bertz CT molecular complexity index is 2510. The second kappa shape index (κ2) is 28.7. The zero-order chi connectivity index (χ0) is 54.6. The van der Waals surface area contributed by atoms with Gasteiger partial charge in [0.05, 0.1) is 13.7 Å². The molecule has 1 unspecified atom stereocenters. The number of carbonyl (C=O) groups excluding carboxylic acids is 4. The van der Waals surface area contributed by atoms with Gasteiger partial charge in [0.1, 0.15) is 60.9 Å². The monoisotopic (exact) mass is 1040 g/mol. The number of nitro groups is 1. The molecule has 74 heavy (non-hydrogen) atoms. The van der Waals surface area contributed by atoms with E-state index in [0.29, 0.717) is 11.3 Å². The lowest BCUT2D eigenvalue weighted by atomic mass is 9.99. The Morgan fingerprint density at radius 2 is 1.57 bits per heavy atom. The molecule has 9 atom stereocenters. The highest BCUT2D eigenvalue weighted by molar-refractivity contribution is 5.92. The van der Waals surface area contributed by atoms with Crippen LogP contribution in [0.5, 0.6) is 5.75 Å². The third-order valence-electron chi connectivity index (χ3n) is 11.6. The van der Waals surface area contributed by atoms with Crippen molar-refractivity contribution in [1.82, 2.24) is 41.1 Å². The van der Waals surface area contributed by atoms with E-state index in [1.807, 2.05) is 0 Å². The van der Waals surface area contributed by atoms with Crippen LogP contribution in [-0.4, -0.2) is 146 Å². The molecule has 1 aliphatic heterocycles. The van der Waals surface area contributed by atoms with Crippen molar-refractivity contribution in [2.24, 2.45) is 22.6 Å². The SMILES string of the molecule is COc1ccc(Cn2c(=O)ccn([C@H]3OC([C@H](O)[C@@H](NCCCNC(=O)[C@@H](CC(C)C)NC(=O)[C@@H](CCCN=C(N)N[N+](=O)[O-])NC(=O)N[C@@H](C(=O)OCc4ccccc4)C(C)C)C(=O)O)[C@H](O)[C@@H]3O)c2=O)cc1. The number of carboxylic acids is 1. The van der Waals surface area contributed by atoms with Crippen LogP contribution in [-0.2, 0) is 41.8 Å². The summed E-state index contributed by atoms with van der Waals surface area (Å²) in [4.78, 5) is 107. The van der Waals surface area contributed by atoms with Gasteiger partial charge in [-0.15, -0.1) is 0 Å². The van der Waals surface area contributed by atoms with Crippen molar-refractivity contribution in [3.8, 4) is 5.75 Å². The van der Waals surface area contributed by atoms with Crippen LogP contribution in [0.25, 0.3) is 0 Å². The molecule has 2 heterocycles. The first kappa shape index (κ1) is 59.1. The molecular weight excluding hydrogens is 975 g/mol. The molecule has 1 aliphatic rings. The van der Waals surface area contributed by atoms with Crippen LogP contribution >= 0.6 is 0 Å². The van der Waals surface area contributed by atoms with Gasteiger partial charge in [-0.2, -0.15) is 0 Å². The quantitative estimate of drug-likeness (QED) is 0.00978. The predicted octanol–water partition coefficient (Wildman–Crippen LogP) is -1.56. The molecule has 2 aromatic carbocycles. The number of nitrogens with two attached hydrogens (primary N) is 1. The minimum atomic E-state index is -2.00. The standard InChI is InChI=1S/C47H67N11O16/c1-26(2)23-32(52-41(64)31(13-9-19-51-45(48)55-58(70)71)53-46(68)54-34(27(3)4)44(67)73-25-29-11-7-6-8-12-29)40(63)50-21-10-20-49-35(43(65)66)36(60)39-37(61)38(62)42(74-39)56-22-18-33(59)57(47(56)69)24-28-14-16-30(72-5)17-15-28/h6-8,11-12,14-18,22,26-27,31-32,34-39,42,49,60-62H,9-10,13,19-21,23-25H2,1-5H3,(H,50,63)(H,52,64)(H,65,66)(H3,48,51,55)(H2,53,54,68)/t31-,32-,34-,35-,36-,37-,38+,39?,42+/m1/s1. The summed E-state index contributed by atoms with van der Waals surface area (Å²) in [7, 11) is 1.48. The van der Waals surface area contributed by atoms with Crippen LogP contribution in [0.3, 0.4) is 0 Å². The summed E-state index contributed by atoms with van der Waals surface area (Å²) in [5, 5.41) is 66.1. The molecule has 1 aromatic heterocycles. The molecule has 0 saturated carbocycles.